The Balaban J connectivity index is 1.34. The van der Waals surface area contributed by atoms with Crippen LogP contribution >= 0.6 is 11.3 Å². The highest BCUT2D eigenvalue weighted by Gasteiger charge is 2.16. The molecular formula is C33H21N5S. The van der Waals surface area contributed by atoms with Gasteiger partial charge in [-0.25, -0.2) is 9.67 Å². The van der Waals surface area contributed by atoms with Gasteiger partial charge in [-0.05, 0) is 54.6 Å². The van der Waals surface area contributed by atoms with Crippen LogP contribution in [0.5, 0.6) is 0 Å². The van der Waals surface area contributed by atoms with Gasteiger partial charge in [-0.15, -0.1) is 11.3 Å². The quantitative estimate of drug-likeness (QED) is 0.235. The van der Waals surface area contributed by atoms with Gasteiger partial charge >= 0.3 is 0 Å². The van der Waals surface area contributed by atoms with E-state index in [0.29, 0.717) is 0 Å². The van der Waals surface area contributed by atoms with E-state index in [1.807, 2.05) is 41.3 Å². The van der Waals surface area contributed by atoms with Gasteiger partial charge in [0.2, 0.25) is 0 Å². The van der Waals surface area contributed by atoms with Crippen LogP contribution in [0.3, 0.4) is 0 Å². The molecule has 0 N–H and O–H groups in total. The number of aromatic nitrogens is 5. The van der Waals surface area contributed by atoms with Crippen molar-refractivity contribution in [3.05, 3.63) is 128 Å². The maximum absolute atomic E-state index is 5.10. The van der Waals surface area contributed by atoms with Crippen LogP contribution in [0.1, 0.15) is 0 Å². The lowest BCUT2D eigenvalue weighted by atomic mass is 10.1. The van der Waals surface area contributed by atoms with Crippen molar-refractivity contribution in [2.75, 3.05) is 0 Å². The van der Waals surface area contributed by atoms with Crippen LogP contribution in [0.2, 0.25) is 0 Å². The monoisotopic (exact) mass is 519 g/mol. The van der Waals surface area contributed by atoms with Crippen molar-refractivity contribution < 1.29 is 0 Å². The van der Waals surface area contributed by atoms with Crippen molar-refractivity contribution in [1.29, 1.82) is 0 Å². The highest BCUT2D eigenvalue weighted by atomic mass is 32.1. The summed E-state index contributed by atoms with van der Waals surface area (Å²) in [5.74, 6) is 0. The van der Waals surface area contributed by atoms with Gasteiger partial charge in [0.05, 0.1) is 27.1 Å². The van der Waals surface area contributed by atoms with Gasteiger partial charge in [-0.2, -0.15) is 5.10 Å². The second-order valence-electron chi connectivity index (χ2n) is 9.44. The minimum atomic E-state index is 0.961. The predicted molar refractivity (Wildman–Crippen MR) is 160 cm³/mol. The van der Waals surface area contributed by atoms with Crippen molar-refractivity contribution in [3.8, 4) is 33.2 Å². The molecule has 0 saturated carbocycles. The van der Waals surface area contributed by atoms with Crippen LogP contribution in [0.25, 0.3) is 65.2 Å². The Morgan fingerprint density at radius 1 is 0.641 bits per heavy atom. The maximum atomic E-state index is 5.10. The summed E-state index contributed by atoms with van der Waals surface area (Å²) < 4.78 is 5.37. The normalized spacial score (nSPS) is 11.6. The fourth-order valence-electron chi connectivity index (χ4n) is 5.37. The summed E-state index contributed by atoms with van der Waals surface area (Å²) in [7, 11) is 0. The van der Waals surface area contributed by atoms with E-state index in [0.717, 1.165) is 48.9 Å². The van der Waals surface area contributed by atoms with Crippen molar-refractivity contribution in [1.82, 2.24) is 24.3 Å². The molecule has 4 heterocycles. The molecule has 0 aliphatic carbocycles. The van der Waals surface area contributed by atoms with Gasteiger partial charge in [0.25, 0.3) is 0 Å². The summed E-state index contributed by atoms with van der Waals surface area (Å²) in [4.78, 5) is 9.67. The summed E-state index contributed by atoms with van der Waals surface area (Å²) in [5.41, 5.74) is 8.53. The first kappa shape index (κ1) is 22.0. The Morgan fingerprint density at radius 2 is 1.54 bits per heavy atom. The van der Waals surface area contributed by atoms with Crippen LogP contribution in [0, 0.1) is 0 Å². The highest BCUT2D eigenvalue weighted by molar-refractivity contribution is 7.21. The van der Waals surface area contributed by atoms with Crippen molar-refractivity contribution in [2.45, 2.75) is 0 Å². The number of fused-ring (bicyclic) bond motifs is 4. The first-order chi connectivity index (χ1) is 19.3. The molecule has 4 aromatic heterocycles. The molecule has 5 nitrogen and oxygen atoms in total. The SMILES string of the molecule is c1ccc(-c2cccc(-n3c4ccccc4c4ccc(-c5nc6c(-n7cccn7)cccc6s5)cc43)c2)nc1. The average Bonchev–Trinajstić information content (AvgIpc) is 3.75. The largest absolute Gasteiger partial charge is 0.309 e. The molecule has 0 radical (unpaired) electrons. The molecule has 184 valence electrons. The summed E-state index contributed by atoms with van der Waals surface area (Å²) in [6.45, 7) is 0. The number of hydrogen-bond acceptors (Lipinski definition) is 4. The van der Waals surface area contributed by atoms with Crippen LogP contribution in [0.4, 0.5) is 0 Å². The molecule has 0 spiro atoms. The number of nitrogens with zero attached hydrogens (tertiary/aromatic N) is 5. The van der Waals surface area contributed by atoms with E-state index >= 15 is 0 Å². The fraction of sp³-hybridized carbons (Fsp3) is 0. The van der Waals surface area contributed by atoms with E-state index in [1.54, 1.807) is 17.5 Å². The molecule has 39 heavy (non-hydrogen) atoms. The minimum absolute atomic E-state index is 0.961. The number of thiazole rings is 1. The zero-order valence-corrected chi connectivity index (χ0v) is 21.6. The van der Waals surface area contributed by atoms with E-state index in [9.17, 15) is 0 Å². The van der Waals surface area contributed by atoms with E-state index in [1.165, 1.54) is 16.3 Å². The second-order valence-corrected chi connectivity index (χ2v) is 10.5. The zero-order chi connectivity index (χ0) is 25.8. The molecule has 0 unspecified atom stereocenters. The van der Waals surface area contributed by atoms with E-state index < -0.39 is 0 Å². The first-order valence-electron chi connectivity index (χ1n) is 12.8. The molecule has 6 heteroatoms. The van der Waals surface area contributed by atoms with E-state index in [2.05, 4.69) is 99.6 Å². The number of benzene rings is 4. The topological polar surface area (TPSA) is 48.5 Å². The molecule has 4 aromatic carbocycles. The molecule has 8 rings (SSSR count). The molecule has 0 aliphatic heterocycles. The molecule has 0 amide bonds. The lowest BCUT2D eigenvalue weighted by molar-refractivity contribution is 0.886. The van der Waals surface area contributed by atoms with Gasteiger partial charge in [0.1, 0.15) is 10.5 Å². The highest BCUT2D eigenvalue weighted by Crippen LogP contribution is 2.38. The van der Waals surface area contributed by atoms with Crippen molar-refractivity contribution >= 4 is 43.4 Å². The van der Waals surface area contributed by atoms with Crippen LogP contribution in [-0.4, -0.2) is 24.3 Å². The Morgan fingerprint density at radius 3 is 2.44 bits per heavy atom. The van der Waals surface area contributed by atoms with Gasteiger partial charge < -0.3 is 4.57 Å². The summed E-state index contributed by atoms with van der Waals surface area (Å²) >= 11 is 1.71. The zero-order valence-electron chi connectivity index (χ0n) is 20.8. The smallest absolute Gasteiger partial charge is 0.124 e. The average molecular weight is 520 g/mol. The number of hydrogen-bond donors (Lipinski definition) is 0. The van der Waals surface area contributed by atoms with Gasteiger partial charge in [-0.1, -0.05) is 54.6 Å². The Hall–Kier alpha value is -5.07. The Labute approximate surface area is 228 Å². The number of rotatable bonds is 4. The molecule has 0 atom stereocenters. The number of pyridine rings is 1. The molecule has 0 fully saturated rings. The van der Waals surface area contributed by atoms with Crippen molar-refractivity contribution in [2.24, 2.45) is 0 Å². The van der Waals surface area contributed by atoms with Gasteiger partial charge in [-0.3, -0.25) is 4.98 Å². The summed E-state index contributed by atoms with van der Waals surface area (Å²) in [5, 5.41) is 7.87. The molecule has 8 aromatic rings. The predicted octanol–water partition coefficient (Wildman–Crippen LogP) is 8.31. The third kappa shape index (κ3) is 3.57. The second kappa shape index (κ2) is 8.75. The summed E-state index contributed by atoms with van der Waals surface area (Å²) in [6.07, 6.45) is 5.59. The van der Waals surface area contributed by atoms with Crippen LogP contribution < -0.4 is 0 Å². The summed E-state index contributed by atoms with van der Waals surface area (Å²) in [6, 6.07) is 38.1. The molecular weight excluding hydrogens is 498 g/mol. The molecule has 0 saturated heterocycles. The maximum Gasteiger partial charge on any atom is 0.124 e. The van der Waals surface area contributed by atoms with Crippen LogP contribution in [-0.2, 0) is 0 Å². The third-order valence-electron chi connectivity index (χ3n) is 7.13. The lowest BCUT2D eigenvalue weighted by Gasteiger charge is -2.10. The standard InChI is InChI=1S/C33H21N5S/c1-2-12-28-25(10-1)26-16-15-23(33-36-32-29(37-19-7-18-35-37)13-6-14-31(32)39-33)21-30(26)38(28)24-9-5-8-22(20-24)27-11-3-4-17-34-27/h1-21H. The fourth-order valence-corrected chi connectivity index (χ4v) is 6.36. The van der Waals surface area contributed by atoms with Crippen molar-refractivity contribution in [3.63, 3.8) is 0 Å². The third-order valence-corrected chi connectivity index (χ3v) is 8.20. The number of para-hydroxylation sites is 2. The molecule has 0 aliphatic rings. The Bertz CT molecular complexity index is 2120. The first-order valence-corrected chi connectivity index (χ1v) is 13.6. The van der Waals surface area contributed by atoms with Gasteiger partial charge in [0.15, 0.2) is 0 Å². The van der Waals surface area contributed by atoms with Crippen LogP contribution in [0.15, 0.2) is 128 Å². The Kier molecular flexibility index (Phi) is 4.93. The van der Waals surface area contributed by atoms with E-state index in [-0.39, 0.29) is 0 Å². The lowest BCUT2D eigenvalue weighted by Crippen LogP contribution is -1.95. The van der Waals surface area contributed by atoms with E-state index in [4.69, 9.17) is 4.98 Å². The molecule has 0 bridgehead atoms. The van der Waals surface area contributed by atoms with Gasteiger partial charge in [0, 0.05) is 46.2 Å². The minimum Gasteiger partial charge on any atom is -0.309 e.